The van der Waals surface area contributed by atoms with Crippen molar-refractivity contribution in [3.8, 4) is 11.4 Å². The SMILES string of the molecule is COc1ccccc1N1C(=O)/C(=C/c2cc(C)n(-c3ccc(C)cc3)c2C)C(=O)NC1=S. The third-order valence-corrected chi connectivity index (χ3v) is 5.77. The van der Waals surface area contributed by atoms with Gasteiger partial charge in [-0.1, -0.05) is 29.8 Å². The number of para-hydroxylation sites is 2. The van der Waals surface area contributed by atoms with Crippen LogP contribution in [0.4, 0.5) is 5.69 Å². The highest BCUT2D eigenvalue weighted by atomic mass is 32.1. The highest BCUT2D eigenvalue weighted by Crippen LogP contribution is 2.31. The number of carbonyl (C=O) groups excluding carboxylic acids is 2. The second kappa shape index (κ2) is 8.43. The Labute approximate surface area is 192 Å². The number of hydrogen-bond donors (Lipinski definition) is 1. The largest absolute Gasteiger partial charge is 0.495 e. The molecule has 162 valence electrons. The van der Waals surface area contributed by atoms with Crippen molar-refractivity contribution in [3.63, 3.8) is 0 Å². The first-order valence-electron chi connectivity index (χ1n) is 10.1. The molecular weight excluding hydrogens is 422 g/mol. The number of aromatic nitrogens is 1. The maximum atomic E-state index is 13.4. The molecule has 0 unspecified atom stereocenters. The van der Waals surface area contributed by atoms with Gasteiger partial charge in [0, 0.05) is 17.1 Å². The van der Waals surface area contributed by atoms with E-state index < -0.39 is 11.8 Å². The molecule has 1 aliphatic heterocycles. The third-order valence-electron chi connectivity index (χ3n) is 5.49. The average Bonchev–Trinajstić information content (AvgIpc) is 3.05. The lowest BCUT2D eigenvalue weighted by atomic mass is 10.1. The van der Waals surface area contributed by atoms with Crippen LogP contribution in [0.2, 0.25) is 0 Å². The van der Waals surface area contributed by atoms with E-state index in [2.05, 4.69) is 22.0 Å². The Bertz CT molecular complexity index is 1270. The first-order valence-corrected chi connectivity index (χ1v) is 10.5. The molecule has 2 aromatic carbocycles. The molecule has 1 aliphatic rings. The summed E-state index contributed by atoms with van der Waals surface area (Å²) in [5.74, 6) is -0.536. The Balaban J connectivity index is 1.77. The lowest BCUT2D eigenvalue weighted by molar-refractivity contribution is -0.122. The van der Waals surface area contributed by atoms with Crippen LogP contribution in [0.25, 0.3) is 11.8 Å². The topological polar surface area (TPSA) is 63.6 Å². The van der Waals surface area contributed by atoms with Crippen LogP contribution in [0.3, 0.4) is 0 Å². The summed E-state index contributed by atoms with van der Waals surface area (Å²) >= 11 is 5.30. The molecule has 6 nitrogen and oxygen atoms in total. The Morgan fingerprint density at radius 3 is 2.38 bits per heavy atom. The molecule has 0 atom stereocenters. The van der Waals surface area contributed by atoms with Crippen LogP contribution in [-0.2, 0) is 9.59 Å². The van der Waals surface area contributed by atoms with Gasteiger partial charge in [-0.25, -0.2) is 4.90 Å². The van der Waals surface area contributed by atoms with E-state index in [1.54, 1.807) is 30.3 Å². The summed E-state index contributed by atoms with van der Waals surface area (Å²) in [5.41, 5.74) is 5.39. The summed E-state index contributed by atoms with van der Waals surface area (Å²) < 4.78 is 7.48. The van der Waals surface area contributed by atoms with E-state index in [1.807, 2.05) is 39.0 Å². The Morgan fingerprint density at radius 1 is 1.00 bits per heavy atom. The molecule has 1 saturated heterocycles. The zero-order valence-corrected chi connectivity index (χ0v) is 19.1. The van der Waals surface area contributed by atoms with Gasteiger partial charge in [0.1, 0.15) is 11.3 Å². The monoisotopic (exact) mass is 445 g/mol. The predicted octanol–water partition coefficient (Wildman–Crippen LogP) is 4.24. The Kier molecular flexibility index (Phi) is 5.67. The van der Waals surface area contributed by atoms with Gasteiger partial charge in [0.15, 0.2) is 5.11 Å². The molecule has 0 aliphatic carbocycles. The van der Waals surface area contributed by atoms with Gasteiger partial charge in [-0.15, -0.1) is 0 Å². The van der Waals surface area contributed by atoms with Crippen molar-refractivity contribution in [2.45, 2.75) is 20.8 Å². The number of ether oxygens (including phenoxy) is 1. The second-order valence-corrected chi connectivity index (χ2v) is 8.01. The number of nitrogens with one attached hydrogen (secondary N) is 1. The van der Waals surface area contributed by atoms with Gasteiger partial charge >= 0.3 is 0 Å². The van der Waals surface area contributed by atoms with Gasteiger partial charge < -0.3 is 9.30 Å². The van der Waals surface area contributed by atoms with E-state index in [9.17, 15) is 9.59 Å². The summed E-state index contributed by atoms with van der Waals surface area (Å²) in [6.07, 6.45) is 1.62. The number of benzene rings is 2. The Morgan fingerprint density at radius 2 is 1.69 bits per heavy atom. The third kappa shape index (κ3) is 3.71. The number of thiocarbonyl (C=S) groups is 1. The Hall–Kier alpha value is -3.71. The van der Waals surface area contributed by atoms with Crippen molar-refractivity contribution in [2.75, 3.05) is 12.0 Å². The van der Waals surface area contributed by atoms with Crippen molar-refractivity contribution in [2.24, 2.45) is 0 Å². The highest BCUT2D eigenvalue weighted by Gasteiger charge is 2.36. The fraction of sp³-hybridized carbons (Fsp3) is 0.160. The number of rotatable bonds is 4. The maximum Gasteiger partial charge on any atom is 0.270 e. The van der Waals surface area contributed by atoms with E-state index in [4.69, 9.17) is 17.0 Å². The van der Waals surface area contributed by atoms with Crippen LogP contribution in [0.15, 0.2) is 60.2 Å². The van der Waals surface area contributed by atoms with Crippen LogP contribution in [0, 0.1) is 20.8 Å². The van der Waals surface area contributed by atoms with Gasteiger partial charge in [-0.3, -0.25) is 14.9 Å². The lowest BCUT2D eigenvalue weighted by Gasteiger charge is -2.29. The minimum absolute atomic E-state index is 0.00802. The summed E-state index contributed by atoms with van der Waals surface area (Å²) in [6, 6.07) is 17.2. The van der Waals surface area contributed by atoms with Crippen LogP contribution < -0.4 is 15.0 Å². The number of amides is 2. The standard InChI is InChI=1S/C25H23N3O3S/c1-15-9-11-19(12-10-15)27-16(2)13-18(17(27)3)14-20-23(29)26-25(32)28(24(20)30)21-7-5-6-8-22(21)31-4/h5-14H,1-4H3,(H,26,29,32)/b20-14+. The zero-order chi connectivity index (χ0) is 23.0. The number of aryl methyl sites for hydroxylation is 2. The fourth-order valence-electron chi connectivity index (χ4n) is 3.87. The van der Waals surface area contributed by atoms with E-state index in [-0.39, 0.29) is 10.7 Å². The predicted molar refractivity (Wildman–Crippen MR) is 129 cm³/mol. The molecule has 4 rings (SSSR count). The van der Waals surface area contributed by atoms with Crippen molar-refractivity contribution >= 4 is 40.9 Å². The van der Waals surface area contributed by atoms with Crippen molar-refractivity contribution < 1.29 is 14.3 Å². The molecule has 2 heterocycles. The average molecular weight is 446 g/mol. The number of hydrogen-bond acceptors (Lipinski definition) is 4. The molecule has 1 fully saturated rings. The van der Waals surface area contributed by atoms with Crippen LogP contribution in [0.5, 0.6) is 5.75 Å². The first-order chi connectivity index (χ1) is 15.3. The molecule has 2 amide bonds. The van der Waals surface area contributed by atoms with Gasteiger partial charge in [-0.05, 0) is 75.0 Å². The summed E-state index contributed by atoms with van der Waals surface area (Å²) in [6.45, 7) is 6.00. The van der Waals surface area contributed by atoms with Crippen molar-refractivity contribution in [3.05, 3.63) is 82.7 Å². The van der Waals surface area contributed by atoms with Crippen molar-refractivity contribution in [1.82, 2.24) is 9.88 Å². The van der Waals surface area contributed by atoms with E-state index >= 15 is 0 Å². The van der Waals surface area contributed by atoms with Crippen molar-refractivity contribution in [1.29, 1.82) is 0 Å². The zero-order valence-electron chi connectivity index (χ0n) is 18.3. The number of nitrogens with zero attached hydrogens (tertiary/aromatic N) is 2. The second-order valence-electron chi connectivity index (χ2n) is 7.63. The van der Waals surface area contributed by atoms with Crippen LogP contribution >= 0.6 is 12.2 Å². The highest BCUT2D eigenvalue weighted by molar-refractivity contribution is 7.80. The van der Waals surface area contributed by atoms with Gasteiger partial charge in [-0.2, -0.15) is 0 Å². The number of anilines is 1. The lowest BCUT2D eigenvalue weighted by Crippen LogP contribution is -2.54. The summed E-state index contributed by atoms with van der Waals surface area (Å²) in [7, 11) is 1.52. The molecular formula is C25H23N3O3S. The number of methoxy groups -OCH3 is 1. The quantitative estimate of drug-likeness (QED) is 0.371. The normalized spacial score (nSPS) is 15.3. The van der Waals surface area contributed by atoms with Gasteiger partial charge in [0.25, 0.3) is 11.8 Å². The molecule has 0 spiro atoms. The smallest absolute Gasteiger partial charge is 0.270 e. The minimum atomic E-state index is -0.522. The molecule has 32 heavy (non-hydrogen) atoms. The molecule has 1 aromatic heterocycles. The molecule has 1 N–H and O–H groups in total. The van der Waals surface area contributed by atoms with Gasteiger partial charge in [0.05, 0.1) is 12.8 Å². The van der Waals surface area contributed by atoms with Gasteiger partial charge in [0.2, 0.25) is 0 Å². The summed E-state index contributed by atoms with van der Waals surface area (Å²) in [5, 5.41) is 2.65. The minimum Gasteiger partial charge on any atom is -0.495 e. The fourth-order valence-corrected chi connectivity index (χ4v) is 4.15. The van der Waals surface area contributed by atoms with Crippen LogP contribution in [0.1, 0.15) is 22.5 Å². The first kappa shape index (κ1) is 21.5. The van der Waals surface area contributed by atoms with E-state index in [1.165, 1.54) is 17.6 Å². The number of carbonyl (C=O) groups is 2. The molecule has 0 saturated carbocycles. The van der Waals surface area contributed by atoms with E-state index in [0.717, 1.165) is 22.6 Å². The molecule has 0 radical (unpaired) electrons. The van der Waals surface area contributed by atoms with E-state index in [0.29, 0.717) is 11.4 Å². The maximum absolute atomic E-state index is 13.4. The molecule has 3 aromatic rings. The summed E-state index contributed by atoms with van der Waals surface area (Å²) in [4.78, 5) is 27.4. The molecule has 7 heteroatoms. The van der Waals surface area contributed by atoms with Crippen LogP contribution in [-0.4, -0.2) is 28.6 Å². The molecule has 0 bridgehead atoms.